The first-order valence-corrected chi connectivity index (χ1v) is 11.8. The average Bonchev–Trinajstić information content (AvgIpc) is 2.75. The van der Waals surface area contributed by atoms with Crippen molar-refractivity contribution in [1.82, 2.24) is 0 Å². The number of nitro groups is 1. The van der Waals surface area contributed by atoms with Crippen LogP contribution in [0.2, 0.25) is 0 Å². The van der Waals surface area contributed by atoms with Gasteiger partial charge in [-0.3, -0.25) is 14.9 Å². The van der Waals surface area contributed by atoms with Gasteiger partial charge in [0.25, 0.3) is 0 Å². The lowest BCUT2D eigenvalue weighted by Crippen LogP contribution is -2.32. The SMILES string of the molecule is CC(C)(C)C1CCC(Oc2ccc3cc(C(C)(CCC(=O)O)[N+](=O)[O-])ccc3c2C(F)(F)F)CC1. The van der Waals surface area contributed by atoms with E-state index >= 15 is 0 Å². The molecular weight excluding hydrogens is 463 g/mol. The number of nitrogens with zero attached hydrogens (tertiary/aromatic N) is 1. The van der Waals surface area contributed by atoms with Crippen molar-refractivity contribution in [3.63, 3.8) is 0 Å². The zero-order valence-corrected chi connectivity index (χ0v) is 20.4. The maximum atomic E-state index is 14.2. The predicted molar refractivity (Wildman–Crippen MR) is 126 cm³/mol. The van der Waals surface area contributed by atoms with Gasteiger partial charge in [0.2, 0.25) is 5.54 Å². The van der Waals surface area contributed by atoms with Gasteiger partial charge in [0, 0.05) is 23.8 Å². The molecule has 1 aliphatic rings. The number of benzene rings is 2. The van der Waals surface area contributed by atoms with Crippen LogP contribution in [0.3, 0.4) is 0 Å². The van der Waals surface area contributed by atoms with Crippen molar-refractivity contribution >= 4 is 16.7 Å². The number of carboxylic acid groups (broad SMARTS) is 1. The van der Waals surface area contributed by atoms with Gasteiger partial charge < -0.3 is 9.84 Å². The number of carbonyl (C=O) groups is 1. The number of halogens is 3. The predicted octanol–water partition coefficient (Wildman–Crippen LogP) is 7.20. The molecule has 2 aromatic rings. The average molecular weight is 496 g/mol. The van der Waals surface area contributed by atoms with Crippen LogP contribution in [0.1, 0.15) is 77.3 Å². The van der Waals surface area contributed by atoms with E-state index in [-0.39, 0.29) is 40.0 Å². The van der Waals surface area contributed by atoms with Crippen molar-refractivity contribution in [1.29, 1.82) is 0 Å². The first-order valence-electron chi connectivity index (χ1n) is 11.8. The number of aliphatic carboxylic acids is 1. The Hall–Kier alpha value is -2.84. The van der Waals surface area contributed by atoms with Crippen molar-refractivity contribution in [3.05, 3.63) is 51.6 Å². The number of hydrogen-bond donors (Lipinski definition) is 1. The molecule has 1 atom stereocenters. The third kappa shape index (κ3) is 5.87. The highest BCUT2D eigenvalue weighted by Crippen LogP contribution is 2.45. The lowest BCUT2D eigenvalue weighted by Gasteiger charge is -2.37. The smallest absolute Gasteiger partial charge is 0.420 e. The lowest BCUT2D eigenvalue weighted by atomic mass is 9.72. The molecule has 0 amide bonds. The van der Waals surface area contributed by atoms with E-state index in [2.05, 4.69) is 20.8 Å². The van der Waals surface area contributed by atoms with E-state index in [1.807, 2.05) is 0 Å². The quantitative estimate of drug-likeness (QED) is 0.324. The first kappa shape index (κ1) is 26.8. The van der Waals surface area contributed by atoms with Crippen LogP contribution < -0.4 is 4.74 Å². The Balaban J connectivity index is 1.96. The van der Waals surface area contributed by atoms with Crippen LogP contribution >= 0.6 is 0 Å². The van der Waals surface area contributed by atoms with Crippen molar-refractivity contribution in [2.75, 3.05) is 0 Å². The fraction of sp³-hybridized carbons (Fsp3) is 0.577. The van der Waals surface area contributed by atoms with Gasteiger partial charge in [0.1, 0.15) is 11.3 Å². The molecule has 1 saturated carbocycles. The van der Waals surface area contributed by atoms with Crippen molar-refractivity contribution in [2.45, 2.75) is 84.0 Å². The summed E-state index contributed by atoms with van der Waals surface area (Å²) < 4.78 is 48.4. The van der Waals surface area contributed by atoms with Crippen LogP contribution in [0.15, 0.2) is 30.3 Å². The van der Waals surface area contributed by atoms with Gasteiger partial charge in [-0.15, -0.1) is 0 Å². The fourth-order valence-electron chi connectivity index (χ4n) is 4.95. The second-order valence-corrected chi connectivity index (χ2v) is 10.8. The summed E-state index contributed by atoms with van der Waals surface area (Å²) in [5.74, 6) is -0.923. The number of carboxylic acids is 1. The molecule has 6 nitrogen and oxygen atoms in total. The Morgan fingerprint density at radius 1 is 1.09 bits per heavy atom. The Kier molecular flexibility index (Phi) is 7.39. The van der Waals surface area contributed by atoms with Gasteiger partial charge in [-0.1, -0.05) is 39.0 Å². The van der Waals surface area contributed by atoms with Gasteiger partial charge in [-0.25, -0.2) is 0 Å². The molecule has 1 aliphatic carbocycles. The van der Waals surface area contributed by atoms with E-state index < -0.39 is 34.6 Å². The molecule has 35 heavy (non-hydrogen) atoms. The molecule has 0 spiro atoms. The van der Waals surface area contributed by atoms with Gasteiger partial charge in [-0.05, 0) is 59.9 Å². The summed E-state index contributed by atoms with van der Waals surface area (Å²) in [6.07, 6.45) is -2.57. The maximum Gasteiger partial charge on any atom is 0.420 e. The zero-order chi connectivity index (χ0) is 26.2. The Morgan fingerprint density at radius 3 is 2.23 bits per heavy atom. The van der Waals surface area contributed by atoms with Crippen molar-refractivity contribution in [3.8, 4) is 5.75 Å². The molecule has 192 valence electrons. The zero-order valence-electron chi connectivity index (χ0n) is 20.4. The minimum atomic E-state index is -4.69. The summed E-state index contributed by atoms with van der Waals surface area (Å²) in [6, 6.07) is 6.60. The highest BCUT2D eigenvalue weighted by Gasteiger charge is 2.41. The van der Waals surface area contributed by atoms with Crippen LogP contribution in [-0.2, 0) is 16.5 Å². The molecule has 0 aromatic heterocycles. The van der Waals surface area contributed by atoms with Crippen LogP contribution in [0.5, 0.6) is 5.75 Å². The molecule has 1 fully saturated rings. The third-order valence-electron chi connectivity index (χ3n) is 7.31. The second-order valence-electron chi connectivity index (χ2n) is 10.8. The fourth-order valence-corrected chi connectivity index (χ4v) is 4.95. The molecule has 0 bridgehead atoms. The Bertz CT molecular complexity index is 1100. The van der Waals surface area contributed by atoms with E-state index in [0.717, 1.165) is 12.8 Å². The summed E-state index contributed by atoms with van der Waals surface area (Å²) in [4.78, 5) is 22.2. The molecule has 0 saturated heterocycles. The highest BCUT2D eigenvalue weighted by molar-refractivity contribution is 5.89. The number of alkyl halides is 3. The summed E-state index contributed by atoms with van der Waals surface area (Å²) in [6.45, 7) is 7.80. The largest absolute Gasteiger partial charge is 0.490 e. The van der Waals surface area contributed by atoms with Crippen LogP contribution in [0.4, 0.5) is 13.2 Å². The van der Waals surface area contributed by atoms with Crippen LogP contribution in [0, 0.1) is 21.4 Å². The normalized spacial score (nSPS) is 20.9. The Labute approximate surface area is 202 Å². The number of fused-ring (bicyclic) bond motifs is 1. The van der Waals surface area contributed by atoms with Gasteiger partial charge in [-0.2, -0.15) is 13.2 Å². The minimum absolute atomic E-state index is 0.105. The summed E-state index contributed by atoms with van der Waals surface area (Å²) in [5.41, 5.74) is -2.34. The highest BCUT2D eigenvalue weighted by atomic mass is 19.4. The summed E-state index contributed by atoms with van der Waals surface area (Å²) in [7, 11) is 0. The lowest BCUT2D eigenvalue weighted by molar-refractivity contribution is -0.575. The summed E-state index contributed by atoms with van der Waals surface area (Å²) in [5, 5.41) is 20.8. The molecule has 0 radical (unpaired) electrons. The Morgan fingerprint density at radius 2 is 1.71 bits per heavy atom. The molecule has 0 aliphatic heterocycles. The molecule has 1 N–H and O–H groups in total. The standard InChI is InChI=1S/C26H32F3NO5/c1-24(2,3)17-6-9-19(10-7-17)35-21-12-5-16-15-18(8-11-20(16)23(21)26(27,28)29)25(4,30(33)34)14-13-22(31)32/h5,8,11-12,15,17,19H,6-7,9-10,13-14H2,1-4H3,(H,31,32). The molecule has 2 aromatic carbocycles. The van der Waals surface area contributed by atoms with Crippen LogP contribution in [-0.4, -0.2) is 22.1 Å². The van der Waals surface area contributed by atoms with Crippen molar-refractivity contribution < 1.29 is 32.7 Å². The maximum absolute atomic E-state index is 14.2. The third-order valence-corrected chi connectivity index (χ3v) is 7.31. The number of hydrogen-bond acceptors (Lipinski definition) is 4. The van der Waals surface area contributed by atoms with Gasteiger partial charge in [0.15, 0.2) is 0 Å². The topological polar surface area (TPSA) is 89.7 Å². The number of ether oxygens (including phenoxy) is 1. The molecule has 9 heteroatoms. The summed E-state index contributed by atoms with van der Waals surface area (Å²) >= 11 is 0. The molecule has 3 rings (SSSR count). The first-order chi connectivity index (χ1) is 16.1. The molecule has 0 heterocycles. The monoisotopic (exact) mass is 495 g/mol. The van der Waals surface area contributed by atoms with E-state index in [4.69, 9.17) is 9.84 Å². The van der Waals surface area contributed by atoms with Crippen LogP contribution in [0.25, 0.3) is 10.8 Å². The van der Waals surface area contributed by atoms with E-state index in [0.29, 0.717) is 18.8 Å². The minimum Gasteiger partial charge on any atom is -0.490 e. The molecule has 1 unspecified atom stereocenters. The van der Waals surface area contributed by atoms with Gasteiger partial charge in [0.05, 0.1) is 12.5 Å². The number of rotatable bonds is 7. The second kappa shape index (κ2) is 9.66. The van der Waals surface area contributed by atoms with E-state index in [1.54, 1.807) is 0 Å². The van der Waals surface area contributed by atoms with Crippen molar-refractivity contribution in [2.24, 2.45) is 11.3 Å². The molecular formula is C26H32F3NO5. The van der Waals surface area contributed by atoms with Gasteiger partial charge >= 0.3 is 12.1 Å². The van der Waals surface area contributed by atoms with E-state index in [9.17, 15) is 28.1 Å². The van der Waals surface area contributed by atoms with E-state index in [1.165, 1.54) is 37.3 Å².